The number of ketones is 1. The van der Waals surface area contributed by atoms with Gasteiger partial charge in [0.15, 0.2) is 23.8 Å². The van der Waals surface area contributed by atoms with Crippen LogP contribution < -0.4 is 0 Å². The maximum absolute atomic E-state index is 13.9. The van der Waals surface area contributed by atoms with Crippen LogP contribution in [0.2, 0.25) is 0 Å². The van der Waals surface area contributed by atoms with E-state index in [2.05, 4.69) is 0 Å². The maximum Gasteiger partial charge on any atom is 0.272 e. The molecule has 2 rings (SSSR count). The predicted octanol–water partition coefficient (Wildman–Crippen LogP) is -0.647. The van der Waals surface area contributed by atoms with Gasteiger partial charge in [0.2, 0.25) is 5.91 Å². The Bertz CT molecular complexity index is 457. The number of aliphatic hydroxyl groups is 2. The molecule has 1 fully saturated rings. The molecule has 0 saturated carbocycles. The van der Waals surface area contributed by atoms with E-state index in [1.807, 2.05) is 0 Å². The van der Waals surface area contributed by atoms with Crippen molar-refractivity contribution < 1.29 is 37.7 Å². The number of allylic oxidation sites excluding steroid dienone is 1. The molecule has 9 heteroatoms. The van der Waals surface area contributed by atoms with E-state index in [1.54, 1.807) is 0 Å². The number of ether oxygens (including phenoxy) is 1. The number of amides is 1. The second kappa shape index (κ2) is 5.15. The normalized spacial score (nSPS) is 38.1. The number of carbonyl (C=O) groups is 2. The largest absolute Gasteiger partial charge is 0.393 e. The molecule has 0 bridgehead atoms. The lowest BCUT2D eigenvalue weighted by molar-refractivity contribution is -0.202. The maximum atomic E-state index is 13.9. The lowest BCUT2D eigenvalue weighted by Crippen LogP contribution is -2.51. The molecule has 2 aliphatic rings. The van der Waals surface area contributed by atoms with Crippen LogP contribution >= 0.6 is 0 Å². The average Bonchev–Trinajstić information content (AvgIpc) is 2.64. The SMILES string of the molecule is O=C1C=CN([C@@H]2O[C@@](CO)(C(F)F)[C@@H](O)[C@@H]2F)C(=O)C1. The van der Waals surface area contributed by atoms with Gasteiger partial charge in [-0.25, -0.2) is 13.2 Å². The van der Waals surface area contributed by atoms with Crippen molar-refractivity contribution >= 4 is 11.7 Å². The fraction of sp³-hybridized carbons (Fsp3) is 0.636. The lowest BCUT2D eigenvalue weighted by atomic mass is 9.97. The van der Waals surface area contributed by atoms with Crippen LogP contribution in [0.5, 0.6) is 0 Å². The van der Waals surface area contributed by atoms with Gasteiger partial charge in [-0.1, -0.05) is 0 Å². The van der Waals surface area contributed by atoms with E-state index in [0.29, 0.717) is 4.90 Å². The Kier molecular flexibility index (Phi) is 3.85. The van der Waals surface area contributed by atoms with Crippen LogP contribution in [0.25, 0.3) is 0 Å². The van der Waals surface area contributed by atoms with Gasteiger partial charge in [-0.3, -0.25) is 14.5 Å². The number of rotatable bonds is 3. The van der Waals surface area contributed by atoms with Gasteiger partial charge in [-0.05, 0) is 6.08 Å². The smallest absolute Gasteiger partial charge is 0.272 e. The van der Waals surface area contributed by atoms with E-state index in [4.69, 9.17) is 9.84 Å². The Morgan fingerprint density at radius 3 is 2.60 bits per heavy atom. The zero-order valence-electron chi connectivity index (χ0n) is 10.1. The van der Waals surface area contributed by atoms with Crippen molar-refractivity contribution in [3.8, 4) is 0 Å². The van der Waals surface area contributed by atoms with Crippen LogP contribution in [0.15, 0.2) is 12.3 Å². The standard InChI is InChI=1S/C11H12F3NO5/c12-7-8(19)11(4-16,10(13)14)20-9(7)15-2-1-5(17)3-6(15)18/h1-2,7-10,16,19H,3-4H2/t7-,8-,9+,11+/m0/s1. The first-order valence-corrected chi connectivity index (χ1v) is 5.74. The molecule has 0 aromatic rings. The van der Waals surface area contributed by atoms with Crippen molar-refractivity contribution in [3.05, 3.63) is 12.3 Å². The number of hydrogen-bond acceptors (Lipinski definition) is 5. The Morgan fingerprint density at radius 1 is 1.50 bits per heavy atom. The highest BCUT2D eigenvalue weighted by atomic mass is 19.3. The highest BCUT2D eigenvalue weighted by molar-refractivity contribution is 6.06. The fourth-order valence-corrected chi connectivity index (χ4v) is 2.15. The van der Waals surface area contributed by atoms with Crippen molar-refractivity contribution in [2.75, 3.05) is 6.61 Å². The molecule has 0 radical (unpaired) electrons. The minimum atomic E-state index is -3.35. The van der Waals surface area contributed by atoms with E-state index < -0.39 is 55.2 Å². The van der Waals surface area contributed by atoms with Gasteiger partial charge >= 0.3 is 0 Å². The van der Waals surface area contributed by atoms with Gasteiger partial charge < -0.3 is 14.9 Å². The van der Waals surface area contributed by atoms with Crippen molar-refractivity contribution in [2.24, 2.45) is 0 Å². The summed E-state index contributed by atoms with van der Waals surface area (Å²) in [5.74, 6) is -1.34. The summed E-state index contributed by atoms with van der Waals surface area (Å²) in [5.41, 5.74) is -2.79. The van der Waals surface area contributed by atoms with Crippen LogP contribution in [-0.4, -0.2) is 63.9 Å². The summed E-state index contributed by atoms with van der Waals surface area (Å²) in [6.07, 6.45) is -8.45. The molecule has 0 aromatic carbocycles. The molecule has 0 aliphatic carbocycles. The molecule has 0 unspecified atom stereocenters. The molecule has 6 nitrogen and oxygen atoms in total. The van der Waals surface area contributed by atoms with Gasteiger partial charge in [0.05, 0.1) is 13.0 Å². The number of hydrogen-bond donors (Lipinski definition) is 2. The molecule has 1 amide bonds. The summed E-state index contributed by atoms with van der Waals surface area (Å²) in [6, 6.07) is 0. The summed E-state index contributed by atoms with van der Waals surface area (Å²) < 4.78 is 44.6. The summed E-state index contributed by atoms with van der Waals surface area (Å²) >= 11 is 0. The van der Waals surface area contributed by atoms with Crippen LogP contribution in [-0.2, 0) is 14.3 Å². The fourth-order valence-electron chi connectivity index (χ4n) is 2.15. The third-order valence-electron chi connectivity index (χ3n) is 3.34. The van der Waals surface area contributed by atoms with Gasteiger partial charge in [-0.15, -0.1) is 0 Å². The first kappa shape index (κ1) is 14.9. The molecule has 20 heavy (non-hydrogen) atoms. The van der Waals surface area contributed by atoms with Crippen LogP contribution in [0.3, 0.4) is 0 Å². The van der Waals surface area contributed by atoms with Gasteiger partial charge in [0.1, 0.15) is 6.10 Å². The molecule has 2 N–H and O–H groups in total. The van der Waals surface area contributed by atoms with E-state index in [0.717, 1.165) is 12.3 Å². The van der Waals surface area contributed by atoms with E-state index >= 15 is 0 Å². The minimum absolute atomic E-state index is 0.512. The first-order valence-electron chi connectivity index (χ1n) is 5.74. The molecule has 0 aromatic heterocycles. The van der Waals surface area contributed by atoms with Crippen molar-refractivity contribution in [1.29, 1.82) is 0 Å². The molecular formula is C11H12F3NO5. The van der Waals surface area contributed by atoms with Crippen molar-refractivity contribution in [3.63, 3.8) is 0 Å². The number of nitrogens with zero attached hydrogens (tertiary/aromatic N) is 1. The van der Waals surface area contributed by atoms with Crippen LogP contribution in [0.1, 0.15) is 6.42 Å². The highest BCUT2D eigenvalue weighted by Crippen LogP contribution is 2.39. The van der Waals surface area contributed by atoms with Crippen molar-refractivity contribution in [1.82, 2.24) is 4.90 Å². The molecule has 0 spiro atoms. The Morgan fingerprint density at radius 2 is 2.15 bits per heavy atom. The average molecular weight is 295 g/mol. The molecule has 2 aliphatic heterocycles. The Hall–Kier alpha value is -1.45. The van der Waals surface area contributed by atoms with E-state index in [9.17, 15) is 27.9 Å². The third kappa shape index (κ3) is 2.11. The van der Waals surface area contributed by atoms with Crippen LogP contribution in [0, 0.1) is 0 Å². The first-order chi connectivity index (χ1) is 9.33. The van der Waals surface area contributed by atoms with Gasteiger partial charge in [0, 0.05) is 6.20 Å². The third-order valence-corrected chi connectivity index (χ3v) is 3.34. The Labute approximate surface area is 111 Å². The topological polar surface area (TPSA) is 87.1 Å². The molecule has 112 valence electrons. The molecule has 2 heterocycles. The van der Waals surface area contributed by atoms with E-state index in [-0.39, 0.29) is 0 Å². The lowest BCUT2D eigenvalue weighted by Gasteiger charge is -2.31. The highest BCUT2D eigenvalue weighted by Gasteiger charge is 2.62. The monoisotopic (exact) mass is 295 g/mol. The summed E-state index contributed by atoms with van der Waals surface area (Å²) in [6.45, 7) is -1.31. The minimum Gasteiger partial charge on any atom is -0.393 e. The van der Waals surface area contributed by atoms with E-state index in [1.165, 1.54) is 0 Å². The second-order valence-electron chi connectivity index (χ2n) is 4.57. The summed E-state index contributed by atoms with van der Waals surface area (Å²) in [5, 5.41) is 18.5. The number of halogens is 3. The molecular weight excluding hydrogens is 283 g/mol. The van der Waals surface area contributed by atoms with Gasteiger partial charge in [-0.2, -0.15) is 0 Å². The second-order valence-corrected chi connectivity index (χ2v) is 4.57. The number of carbonyl (C=O) groups excluding carboxylic acids is 2. The van der Waals surface area contributed by atoms with Crippen LogP contribution in [0.4, 0.5) is 13.2 Å². The summed E-state index contributed by atoms with van der Waals surface area (Å²) in [7, 11) is 0. The number of alkyl halides is 3. The van der Waals surface area contributed by atoms with Gasteiger partial charge in [0.25, 0.3) is 6.43 Å². The zero-order chi connectivity index (χ0) is 15.1. The zero-order valence-corrected chi connectivity index (χ0v) is 10.1. The summed E-state index contributed by atoms with van der Waals surface area (Å²) in [4.78, 5) is 23.2. The van der Waals surface area contributed by atoms with Crippen molar-refractivity contribution in [2.45, 2.75) is 37.0 Å². The quantitative estimate of drug-likeness (QED) is 0.676. The molecule has 1 saturated heterocycles. The Balaban J connectivity index is 2.29. The predicted molar refractivity (Wildman–Crippen MR) is 57.2 cm³/mol. The molecule has 4 atom stereocenters. The number of aliphatic hydroxyl groups excluding tert-OH is 2.